The van der Waals surface area contributed by atoms with Crippen LogP contribution in [0.4, 0.5) is 17.3 Å². The van der Waals surface area contributed by atoms with Crippen LogP contribution in [0.5, 0.6) is 0 Å². The van der Waals surface area contributed by atoms with Gasteiger partial charge < -0.3 is 15.5 Å². The molecular weight excluding hydrogens is 408 g/mol. The smallest absolute Gasteiger partial charge is 0.154 e. The predicted octanol–water partition coefficient (Wildman–Crippen LogP) is 4.74. The number of nitrogens with two attached hydrogens (primary N) is 1. The van der Waals surface area contributed by atoms with Gasteiger partial charge in [0, 0.05) is 31.9 Å². The average Bonchev–Trinajstić information content (AvgIpc) is 3.10. The molecule has 1 saturated heterocycles. The number of aryl methyl sites for hydroxylation is 2. The Morgan fingerprint density at radius 1 is 1.03 bits per heavy atom. The van der Waals surface area contributed by atoms with Gasteiger partial charge in [0.1, 0.15) is 5.82 Å². The van der Waals surface area contributed by atoms with E-state index in [0.717, 1.165) is 74.8 Å². The third-order valence-corrected chi connectivity index (χ3v) is 7.79. The molecular formula is C27H34N6. The Morgan fingerprint density at radius 3 is 2.64 bits per heavy atom. The van der Waals surface area contributed by atoms with E-state index in [1.165, 1.54) is 16.8 Å². The van der Waals surface area contributed by atoms with E-state index in [0.29, 0.717) is 0 Å². The van der Waals surface area contributed by atoms with Gasteiger partial charge in [-0.2, -0.15) is 0 Å². The molecule has 2 N–H and O–H groups in total. The summed E-state index contributed by atoms with van der Waals surface area (Å²) in [6.07, 6.45) is 9.23. The Kier molecular flexibility index (Phi) is 5.57. The van der Waals surface area contributed by atoms with Crippen LogP contribution in [0.15, 0.2) is 48.8 Å². The van der Waals surface area contributed by atoms with Crippen LogP contribution in [0.3, 0.4) is 0 Å². The van der Waals surface area contributed by atoms with Gasteiger partial charge in [-0.05, 0) is 67.7 Å². The second-order valence-electron chi connectivity index (χ2n) is 9.56. The zero-order valence-electron chi connectivity index (χ0n) is 18.7. The van der Waals surface area contributed by atoms with Crippen LogP contribution >= 0.6 is 0 Å². The van der Waals surface area contributed by atoms with E-state index in [1.54, 1.807) is 0 Å². The number of benzene rings is 1. The molecule has 6 heteroatoms. The van der Waals surface area contributed by atoms with E-state index < -0.39 is 0 Å². The lowest BCUT2D eigenvalue weighted by Crippen LogP contribution is -2.44. The summed E-state index contributed by atoms with van der Waals surface area (Å²) in [6.45, 7) is 4.99. The SMILES string of the molecule is C.Cc1nc(N2CCC3(CC2)Cc2ccccc2[C@H]3N)cnc1N1CCCc2ncccc21. The molecule has 0 saturated carbocycles. The highest BCUT2D eigenvalue weighted by molar-refractivity contribution is 5.65. The lowest BCUT2D eigenvalue weighted by atomic mass is 9.73. The van der Waals surface area contributed by atoms with Gasteiger partial charge in [0.15, 0.2) is 5.82 Å². The molecule has 6 nitrogen and oxygen atoms in total. The zero-order chi connectivity index (χ0) is 21.7. The van der Waals surface area contributed by atoms with E-state index in [4.69, 9.17) is 15.7 Å². The van der Waals surface area contributed by atoms with Crippen molar-refractivity contribution in [2.75, 3.05) is 29.4 Å². The van der Waals surface area contributed by atoms with Crippen molar-refractivity contribution in [1.29, 1.82) is 0 Å². The normalized spacial score (nSPS) is 20.8. The van der Waals surface area contributed by atoms with Gasteiger partial charge in [0.25, 0.3) is 0 Å². The van der Waals surface area contributed by atoms with Crippen LogP contribution in [0, 0.1) is 12.3 Å². The second kappa shape index (κ2) is 8.41. The van der Waals surface area contributed by atoms with Gasteiger partial charge in [-0.25, -0.2) is 9.97 Å². The summed E-state index contributed by atoms with van der Waals surface area (Å²) < 4.78 is 0. The average molecular weight is 443 g/mol. The fourth-order valence-corrected chi connectivity index (χ4v) is 5.98. The minimum atomic E-state index is 0. The Morgan fingerprint density at radius 2 is 1.85 bits per heavy atom. The number of pyridine rings is 1. The number of anilines is 3. The molecule has 0 amide bonds. The summed E-state index contributed by atoms with van der Waals surface area (Å²) in [5.74, 6) is 1.93. The molecule has 3 aliphatic rings. The van der Waals surface area contributed by atoms with Gasteiger partial charge >= 0.3 is 0 Å². The van der Waals surface area contributed by atoms with E-state index >= 15 is 0 Å². The highest BCUT2D eigenvalue weighted by Gasteiger charge is 2.45. The molecule has 1 aromatic carbocycles. The number of fused-ring (bicyclic) bond motifs is 2. The molecule has 0 bridgehead atoms. The summed E-state index contributed by atoms with van der Waals surface area (Å²) in [5, 5.41) is 0. The molecule has 1 spiro atoms. The molecule has 1 aliphatic carbocycles. The number of nitrogens with zero attached hydrogens (tertiary/aromatic N) is 5. The van der Waals surface area contributed by atoms with Crippen molar-refractivity contribution in [3.8, 4) is 0 Å². The van der Waals surface area contributed by atoms with Crippen LogP contribution < -0.4 is 15.5 Å². The maximum atomic E-state index is 6.75. The molecule has 1 atom stereocenters. The van der Waals surface area contributed by atoms with Crippen molar-refractivity contribution in [2.45, 2.75) is 52.5 Å². The van der Waals surface area contributed by atoms with Gasteiger partial charge in [0.05, 0.1) is 23.3 Å². The van der Waals surface area contributed by atoms with E-state index in [9.17, 15) is 0 Å². The molecule has 2 aliphatic heterocycles. The minimum Gasteiger partial charge on any atom is -0.355 e. The van der Waals surface area contributed by atoms with Crippen molar-refractivity contribution < 1.29 is 0 Å². The largest absolute Gasteiger partial charge is 0.355 e. The third-order valence-electron chi connectivity index (χ3n) is 7.79. The molecule has 4 heterocycles. The molecule has 1 fully saturated rings. The predicted molar refractivity (Wildman–Crippen MR) is 134 cm³/mol. The molecule has 172 valence electrons. The number of hydrogen-bond acceptors (Lipinski definition) is 6. The highest BCUT2D eigenvalue weighted by Crippen LogP contribution is 2.50. The Bertz CT molecular complexity index is 1150. The van der Waals surface area contributed by atoms with Crippen LogP contribution in [0.1, 0.15) is 55.2 Å². The fraction of sp³-hybridized carbons (Fsp3) is 0.444. The molecule has 0 unspecified atom stereocenters. The first-order valence-electron chi connectivity index (χ1n) is 11.8. The van der Waals surface area contributed by atoms with E-state index in [2.05, 4.69) is 52.0 Å². The lowest BCUT2D eigenvalue weighted by molar-refractivity contribution is 0.187. The van der Waals surface area contributed by atoms with Gasteiger partial charge in [0.2, 0.25) is 0 Å². The summed E-state index contributed by atoms with van der Waals surface area (Å²) in [7, 11) is 0. The third kappa shape index (κ3) is 3.57. The van der Waals surface area contributed by atoms with Gasteiger partial charge in [-0.3, -0.25) is 4.98 Å². The number of aromatic nitrogens is 3. The summed E-state index contributed by atoms with van der Waals surface area (Å²) in [6, 6.07) is 13.0. The second-order valence-corrected chi connectivity index (χ2v) is 9.56. The first-order valence-corrected chi connectivity index (χ1v) is 11.8. The number of piperidine rings is 1. The summed E-state index contributed by atoms with van der Waals surface area (Å²) in [4.78, 5) is 19.1. The van der Waals surface area contributed by atoms with Crippen LogP contribution in [-0.2, 0) is 12.8 Å². The van der Waals surface area contributed by atoms with Crippen molar-refractivity contribution in [2.24, 2.45) is 11.1 Å². The van der Waals surface area contributed by atoms with Crippen LogP contribution in [0.25, 0.3) is 0 Å². The lowest BCUT2D eigenvalue weighted by Gasteiger charge is -2.42. The fourth-order valence-electron chi connectivity index (χ4n) is 5.98. The molecule has 33 heavy (non-hydrogen) atoms. The zero-order valence-corrected chi connectivity index (χ0v) is 18.7. The summed E-state index contributed by atoms with van der Waals surface area (Å²) in [5.41, 5.74) is 13.0. The molecule has 0 radical (unpaired) electrons. The molecule has 2 aromatic heterocycles. The summed E-state index contributed by atoms with van der Waals surface area (Å²) >= 11 is 0. The van der Waals surface area contributed by atoms with Crippen LogP contribution in [-0.4, -0.2) is 34.6 Å². The molecule has 6 rings (SSSR count). The maximum absolute atomic E-state index is 6.75. The standard InChI is InChI=1S/C26H30N6.CH4/c1-18-25(32-13-5-8-21-22(32)9-4-12-28-21)29-17-23(30-18)31-14-10-26(11-15-31)16-19-6-2-3-7-20(19)24(26)27;/h2-4,6-7,9,12,17,24H,5,8,10-11,13-16,27H2,1H3;1H4/t24-;/m1./s1. The van der Waals surface area contributed by atoms with Crippen molar-refractivity contribution in [3.05, 3.63) is 71.3 Å². The Balaban J connectivity index is 0.00000228. The highest BCUT2D eigenvalue weighted by atomic mass is 15.3. The molecule has 3 aromatic rings. The van der Waals surface area contributed by atoms with Crippen molar-refractivity contribution >= 4 is 17.3 Å². The van der Waals surface area contributed by atoms with Gasteiger partial charge in [-0.1, -0.05) is 31.7 Å². The topological polar surface area (TPSA) is 71.2 Å². The van der Waals surface area contributed by atoms with Crippen LogP contribution in [0.2, 0.25) is 0 Å². The first-order chi connectivity index (χ1) is 15.6. The van der Waals surface area contributed by atoms with E-state index in [-0.39, 0.29) is 18.9 Å². The Hall–Kier alpha value is -2.99. The first kappa shape index (κ1) is 21.8. The number of hydrogen-bond donors (Lipinski definition) is 1. The minimum absolute atomic E-state index is 0. The quantitative estimate of drug-likeness (QED) is 0.618. The monoisotopic (exact) mass is 442 g/mol. The Labute approximate surface area is 196 Å². The van der Waals surface area contributed by atoms with E-state index in [1.807, 2.05) is 18.5 Å². The maximum Gasteiger partial charge on any atom is 0.154 e. The van der Waals surface area contributed by atoms with Crippen molar-refractivity contribution in [1.82, 2.24) is 15.0 Å². The number of rotatable bonds is 2. The van der Waals surface area contributed by atoms with Crippen molar-refractivity contribution in [3.63, 3.8) is 0 Å². The van der Waals surface area contributed by atoms with Gasteiger partial charge in [-0.15, -0.1) is 0 Å².